The standard InChI is InChI=1S/C24H28N6O3S/c1-17(25-23(32)18-6-4-3-5-7-18)22-27-28-24(29(22)2)34-16-21(31)26-19-8-10-20(11-9-19)30-12-14-33-15-13-30/h3-11,17H,12-16H2,1-2H3,(H,25,32)(H,26,31)/t17-/m0/s1. The highest BCUT2D eigenvalue weighted by Gasteiger charge is 2.19. The molecule has 1 atom stereocenters. The van der Waals surface area contributed by atoms with Gasteiger partial charge in [0.1, 0.15) is 0 Å². The Morgan fingerprint density at radius 1 is 1.06 bits per heavy atom. The van der Waals surface area contributed by atoms with Gasteiger partial charge in [-0.25, -0.2) is 0 Å². The van der Waals surface area contributed by atoms with E-state index in [2.05, 4.69) is 25.7 Å². The van der Waals surface area contributed by atoms with Crippen molar-refractivity contribution in [2.24, 2.45) is 7.05 Å². The third-order valence-corrected chi connectivity index (χ3v) is 6.52. The van der Waals surface area contributed by atoms with Crippen LogP contribution in [-0.4, -0.2) is 58.6 Å². The molecule has 1 aliphatic rings. The zero-order valence-corrected chi connectivity index (χ0v) is 20.0. The van der Waals surface area contributed by atoms with Crippen molar-refractivity contribution in [2.75, 3.05) is 42.3 Å². The highest BCUT2D eigenvalue weighted by atomic mass is 32.2. The fourth-order valence-corrected chi connectivity index (χ4v) is 4.39. The van der Waals surface area contributed by atoms with E-state index in [0.29, 0.717) is 16.5 Å². The molecule has 0 radical (unpaired) electrons. The predicted octanol–water partition coefficient (Wildman–Crippen LogP) is 2.87. The van der Waals surface area contributed by atoms with Gasteiger partial charge in [0.15, 0.2) is 11.0 Å². The first-order valence-electron chi connectivity index (χ1n) is 11.1. The third-order valence-electron chi connectivity index (χ3n) is 5.50. The Kier molecular flexibility index (Phi) is 7.81. The lowest BCUT2D eigenvalue weighted by Crippen LogP contribution is -2.36. The summed E-state index contributed by atoms with van der Waals surface area (Å²) in [4.78, 5) is 27.1. The van der Waals surface area contributed by atoms with Gasteiger partial charge in [0.2, 0.25) is 5.91 Å². The van der Waals surface area contributed by atoms with E-state index in [-0.39, 0.29) is 23.6 Å². The van der Waals surface area contributed by atoms with E-state index >= 15 is 0 Å². The van der Waals surface area contributed by atoms with Crippen LogP contribution in [0.5, 0.6) is 0 Å². The van der Waals surface area contributed by atoms with Crippen LogP contribution >= 0.6 is 11.8 Å². The molecule has 0 saturated carbocycles. The molecule has 0 bridgehead atoms. The third kappa shape index (κ3) is 5.95. The van der Waals surface area contributed by atoms with Crippen molar-refractivity contribution in [1.29, 1.82) is 0 Å². The second-order valence-corrected chi connectivity index (χ2v) is 8.89. The molecule has 0 aliphatic carbocycles. The molecule has 10 heteroatoms. The SMILES string of the molecule is C[C@H](NC(=O)c1ccccc1)c1nnc(SCC(=O)Nc2ccc(N3CCOCC3)cc2)n1C. The molecule has 3 aromatic rings. The summed E-state index contributed by atoms with van der Waals surface area (Å²) in [5, 5.41) is 14.9. The smallest absolute Gasteiger partial charge is 0.251 e. The number of carbonyl (C=O) groups excluding carboxylic acids is 2. The van der Waals surface area contributed by atoms with Crippen molar-refractivity contribution in [3.8, 4) is 0 Å². The number of ether oxygens (including phenoxy) is 1. The van der Waals surface area contributed by atoms with Gasteiger partial charge in [-0.1, -0.05) is 30.0 Å². The number of nitrogens with zero attached hydrogens (tertiary/aromatic N) is 4. The van der Waals surface area contributed by atoms with Crippen molar-refractivity contribution in [1.82, 2.24) is 20.1 Å². The highest BCUT2D eigenvalue weighted by Crippen LogP contribution is 2.21. The minimum atomic E-state index is -0.335. The number of anilines is 2. The number of thioether (sulfide) groups is 1. The predicted molar refractivity (Wildman–Crippen MR) is 132 cm³/mol. The van der Waals surface area contributed by atoms with Gasteiger partial charge >= 0.3 is 0 Å². The number of nitrogens with one attached hydrogen (secondary N) is 2. The zero-order valence-electron chi connectivity index (χ0n) is 19.2. The average molecular weight is 481 g/mol. The first-order valence-corrected chi connectivity index (χ1v) is 12.1. The van der Waals surface area contributed by atoms with Crippen molar-refractivity contribution >= 4 is 35.0 Å². The normalized spacial score (nSPS) is 14.5. The molecule has 2 heterocycles. The zero-order chi connectivity index (χ0) is 23.9. The van der Waals surface area contributed by atoms with Gasteiger partial charge in [0.05, 0.1) is 25.0 Å². The summed E-state index contributed by atoms with van der Waals surface area (Å²) in [7, 11) is 1.82. The van der Waals surface area contributed by atoms with Crippen LogP contribution in [0.2, 0.25) is 0 Å². The number of hydrogen-bond acceptors (Lipinski definition) is 7. The minimum absolute atomic E-state index is 0.126. The van der Waals surface area contributed by atoms with E-state index in [4.69, 9.17) is 4.74 Å². The van der Waals surface area contributed by atoms with Crippen molar-refractivity contribution in [3.63, 3.8) is 0 Å². The summed E-state index contributed by atoms with van der Waals surface area (Å²) in [6.07, 6.45) is 0. The van der Waals surface area contributed by atoms with Gasteiger partial charge in [-0.2, -0.15) is 0 Å². The van der Waals surface area contributed by atoms with Gasteiger partial charge in [-0.05, 0) is 43.3 Å². The molecule has 2 aromatic carbocycles. The lowest BCUT2D eigenvalue weighted by Gasteiger charge is -2.28. The molecule has 178 valence electrons. The minimum Gasteiger partial charge on any atom is -0.378 e. The van der Waals surface area contributed by atoms with E-state index in [0.717, 1.165) is 37.7 Å². The Morgan fingerprint density at radius 3 is 2.47 bits per heavy atom. The summed E-state index contributed by atoms with van der Waals surface area (Å²) < 4.78 is 7.18. The molecule has 0 unspecified atom stereocenters. The van der Waals surface area contributed by atoms with Gasteiger partial charge in [-0.15, -0.1) is 10.2 Å². The molecule has 2 N–H and O–H groups in total. The van der Waals surface area contributed by atoms with Crippen LogP contribution < -0.4 is 15.5 Å². The second-order valence-electron chi connectivity index (χ2n) is 7.94. The number of benzene rings is 2. The Morgan fingerprint density at radius 2 is 1.76 bits per heavy atom. The van der Waals surface area contributed by atoms with Crippen LogP contribution in [0.4, 0.5) is 11.4 Å². The van der Waals surface area contributed by atoms with E-state index < -0.39 is 0 Å². The molecule has 1 aromatic heterocycles. The van der Waals surface area contributed by atoms with Crippen LogP contribution in [0.1, 0.15) is 29.1 Å². The summed E-state index contributed by atoms with van der Waals surface area (Å²) in [6.45, 7) is 5.06. The molecule has 9 nitrogen and oxygen atoms in total. The average Bonchev–Trinajstić information content (AvgIpc) is 3.24. The first kappa shape index (κ1) is 23.8. The second kappa shape index (κ2) is 11.2. The maximum Gasteiger partial charge on any atom is 0.251 e. The molecular formula is C24H28N6O3S. The Labute approximate surface area is 202 Å². The summed E-state index contributed by atoms with van der Waals surface area (Å²) in [5.74, 6) is 0.511. The molecular weight excluding hydrogens is 452 g/mol. The van der Waals surface area contributed by atoms with Crippen LogP contribution in [0, 0.1) is 0 Å². The topological polar surface area (TPSA) is 101 Å². The van der Waals surface area contributed by atoms with Crippen LogP contribution in [-0.2, 0) is 16.6 Å². The number of rotatable bonds is 8. The van der Waals surface area contributed by atoms with Crippen molar-refractivity contribution < 1.29 is 14.3 Å². The number of aromatic nitrogens is 3. The summed E-state index contributed by atoms with van der Waals surface area (Å²) in [5.41, 5.74) is 2.45. The van der Waals surface area contributed by atoms with E-state index in [9.17, 15) is 9.59 Å². The number of amides is 2. The fraction of sp³-hybridized carbons (Fsp3) is 0.333. The maximum absolute atomic E-state index is 12.5. The Hall–Kier alpha value is -3.37. The van der Waals surface area contributed by atoms with Crippen molar-refractivity contribution in [2.45, 2.75) is 18.1 Å². The van der Waals surface area contributed by atoms with E-state index in [1.54, 1.807) is 16.7 Å². The van der Waals surface area contributed by atoms with Gasteiger partial charge in [0, 0.05) is 37.1 Å². The highest BCUT2D eigenvalue weighted by molar-refractivity contribution is 7.99. The summed E-state index contributed by atoms with van der Waals surface area (Å²) >= 11 is 1.30. The van der Waals surface area contributed by atoms with Gasteiger partial charge < -0.3 is 24.8 Å². The molecule has 4 rings (SSSR count). The van der Waals surface area contributed by atoms with Crippen LogP contribution in [0.15, 0.2) is 59.8 Å². The fourth-order valence-electron chi connectivity index (χ4n) is 3.67. The Bertz CT molecular complexity index is 1110. The lowest BCUT2D eigenvalue weighted by molar-refractivity contribution is -0.113. The largest absolute Gasteiger partial charge is 0.378 e. The lowest BCUT2D eigenvalue weighted by atomic mass is 10.2. The molecule has 2 amide bonds. The van der Waals surface area contributed by atoms with E-state index in [1.807, 2.05) is 56.4 Å². The van der Waals surface area contributed by atoms with Crippen molar-refractivity contribution in [3.05, 3.63) is 66.0 Å². The van der Waals surface area contributed by atoms with Crippen LogP contribution in [0.3, 0.4) is 0 Å². The molecule has 34 heavy (non-hydrogen) atoms. The first-order chi connectivity index (χ1) is 16.5. The molecule has 1 aliphatic heterocycles. The molecule has 1 fully saturated rings. The van der Waals surface area contributed by atoms with Gasteiger partial charge in [0.25, 0.3) is 5.91 Å². The quantitative estimate of drug-likeness (QED) is 0.478. The van der Waals surface area contributed by atoms with Gasteiger partial charge in [-0.3, -0.25) is 9.59 Å². The summed E-state index contributed by atoms with van der Waals surface area (Å²) in [6, 6.07) is 16.5. The van der Waals surface area contributed by atoms with Crippen LogP contribution in [0.25, 0.3) is 0 Å². The Balaban J connectivity index is 1.28. The van der Waals surface area contributed by atoms with E-state index in [1.165, 1.54) is 11.8 Å². The number of carbonyl (C=O) groups is 2. The number of hydrogen-bond donors (Lipinski definition) is 2. The number of morpholine rings is 1. The molecule has 0 spiro atoms. The maximum atomic E-state index is 12.5. The molecule has 1 saturated heterocycles. The monoisotopic (exact) mass is 480 g/mol.